The summed E-state index contributed by atoms with van der Waals surface area (Å²) in [6.45, 7) is 3.51. The van der Waals surface area contributed by atoms with Crippen LogP contribution >= 0.6 is 23.6 Å². The number of aromatic nitrogens is 3. The molecule has 0 bridgehead atoms. The number of carbonyl (C=O) groups excluding carboxylic acids is 1. The summed E-state index contributed by atoms with van der Waals surface area (Å²) < 4.78 is 2.30. The maximum Gasteiger partial charge on any atom is 0.245 e. The summed E-state index contributed by atoms with van der Waals surface area (Å²) in [5.74, 6) is 0.783. The number of rotatable bonds is 7. The largest absolute Gasteiger partial charge is 0.343 e. The molecule has 0 spiro atoms. The van der Waals surface area contributed by atoms with Crippen LogP contribution in [-0.4, -0.2) is 63.7 Å². The summed E-state index contributed by atoms with van der Waals surface area (Å²) in [6, 6.07) is 4.24. The lowest BCUT2D eigenvalue weighted by atomic mass is 9.94. The van der Waals surface area contributed by atoms with Crippen molar-refractivity contribution < 1.29 is 4.79 Å². The van der Waals surface area contributed by atoms with Crippen molar-refractivity contribution in [2.45, 2.75) is 51.1 Å². The Morgan fingerprint density at radius 2 is 2.11 bits per heavy atom. The van der Waals surface area contributed by atoms with Crippen LogP contribution in [0.4, 0.5) is 0 Å². The number of amides is 1. The second-order valence-corrected chi connectivity index (χ2v) is 8.74. The van der Waals surface area contributed by atoms with E-state index in [1.54, 1.807) is 11.3 Å². The summed E-state index contributed by atoms with van der Waals surface area (Å²) in [6.07, 6.45) is 6.56. The van der Waals surface area contributed by atoms with Crippen molar-refractivity contribution in [3.8, 4) is 10.7 Å². The van der Waals surface area contributed by atoms with Gasteiger partial charge in [-0.25, -0.2) is 0 Å². The Morgan fingerprint density at radius 1 is 1.37 bits per heavy atom. The monoisotopic (exact) mass is 407 g/mol. The average Bonchev–Trinajstić information content (AvgIpc) is 3.34. The van der Waals surface area contributed by atoms with Gasteiger partial charge in [0, 0.05) is 26.2 Å². The van der Waals surface area contributed by atoms with Gasteiger partial charge in [0.25, 0.3) is 0 Å². The summed E-state index contributed by atoms with van der Waals surface area (Å²) in [5, 5.41) is 9.17. The minimum absolute atomic E-state index is 0.0577. The van der Waals surface area contributed by atoms with Crippen LogP contribution in [0.3, 0.4) is 0 Å². The van der Waals surface area contributed by atoms with E-state index in [0.717, 1.165) is 23.8 Å². The molecule has 1 aliphatic rings. The zero-order valence-electron chi connectivity index (χ0n) is 16.4. The van der Waals surface area contributed by atoms with Crippen LogP contribution < -0.4 is 0 Å². The molecule has 2 aromatic rings. The van der Waals surface area contributed by atoms with Crippen molar-refractivity contribution in [2.75, 3.05) is 27.2 Å². The Kier molecular flexibility index (Phi) is 6.83. The van der Waals surface area contributed by atoms with Crippen molar-refractivity contribution in [1.82, 2.24) is 24.6 Å². The zero-order chi connectivity index (χ0) is 19.4. The topological polar surface area (TPSA) is 57.2 Å². The van der Waals surface area contributed by atoms with E-state index in [-0.39, 0.29) is 5.91 Å². The molecule has 6 nitrogen and oxygen atoms in total. The first-order chi connectivity index (χ1) is 13.0. The molecule has 1 unspecified atom stereocenters. The zero-order valence-corrected chi connectivity index (χ0v) is 18.0. The molecule has 0 saturated heterocycles. The molecule has 1 N–H and O–H groups in total. The molecule has 0 aliphatic heterocycles. The number of carbonyl (C=O) groups is 1. The Bertz CT molecular complexity index is 791. The van der Waals surface area contributed by atoms with Gasteiger partial charge in [-0.05, 0) is 50.5 Å². The predicted octanol–water partition coefficient (Wildman–Crippen LogP) is 3.95. The van der Waals surface area contributed by atoms with Crippen LogP contribution in [0.2, 0.25) is 0 Å². The second-order valence-electron chi connectivity index (χ2n) is 7.41. The van der Waals surface area contributed by atoms with Gasteiger partial charge in [0.15, 0.2) is 10.6 Å². The van der Waals surface area contributed by atoms with Gasteiger partial charge >= 0.3 is 0 Å². The van der Waals surface area contributed by atoms with Crippen LogP contribution in [0, 0.1) is 4.77 Å². The highest BCUT2D eigenvalue weighted by Crippen LogP contribution is 2.26. The fourth-order valence-electron chi connectivity index (χ4n) is 3.80. The fourth-order valence-corrected chi connectivity index (χ4v) is 4.80. The van der Waals surface area contributed by atoms with Gasteiger partial charge in [-0.1, -0.05) is 25.3 Å². The molecule has 0 aromatic carbocycles. The van der Waals surface area contributed by atoms with Crippen molar-refractivity contribution in [2.24, 2.45) is 0 Å². The molecule has 1 fully saturated rings. The summed E-state index contributed by atoms with van der Waals surface area (Å²) in [4.78, 5) is 18.2. The maximum absolute atomic E-state index is 13.0. The van der Waals surface area contributed by atoms with E-state index in [1.165, 1.54) is 32.1 Å². The number of nitrogens with one attached hydrogen (secondary N) is 1. The lowest BCUT2D eigenvalue weighted by molar-refractivity contribution is -0.133. The van der Waals surface area contributed by atoms with E-state index in [9.17, 15) is 4.79 Å². The van der Waals surface area contributed by atoms with Gasteiger partial charge in [-0.3, -0.25) is 14.5 Å². The highest BCUT2D eigenvalue weighted by atomic mass is 32.1. The third-order valence-electron chi connectivity index (χ3n) is 5.55. The molecule has 0 radical (unpaired) electrons. The normalized spacial score (nSPS) is 16.6. The molecule has 2 aromatic heterocycles. The molecule has 148 valence electrons. The van der Waals surface area contributed by atoms with E-state index < -0.39 is 6.04 Å². The number of hydrogen-bond donors (Lipinski definition) is 1. The Balaban J connectivity index is 1.63. The number of aromatic amines is 1. The van der Waals surface area contributed by atoms with Gasteiger partial charge in [0.05, 0.1) is 4.88 Å². The van der Waals surface area contributed by atoms with Gasteiger partial charge in [-0.15, -0.1) is 11.3 Å². The van der Waals surface area contributed by atoms with Crippen LogP contribution in [0.5, 0.6) is 0 Å². The third kappa shape index (κ3) is 4.67. The maximum atomic E-state index is 13.0. The molecule has 27 heavy (non-hydrogen) atoms. The quantitative estimate of drug-likeness (QED) is 0.706. The molecule has 8 heteroatoms. The first kappa shape index (κ1) is 20.2. The first-order valence-electron chi connectivity index (χ1n) is 9.65. The van der Waals surface area contributed by atoms with Crippen molar-refractivity contribution in [1.29, 1.82) is 0 Å². The van der Waals surface area contributed by atoms with Gasteiger partial charge in [-0.2, -0.15) is 5.10 Å². The number of thiophene rings is 1. The first-order valence-corrected chi connectivity index (χ1v) is 10.9. The van der Waals surface area contributed by atoms with Crippen LogP contribution in [0.1, 0.15) is 45.1 Å². The molecule has 1 aliphatic carbocycles. The van der Waals surface area contributed by atoms with E-state index in [2.05, 4.69) is 22.1 Å². The Morgan fingerprint density at radius 3 is 2.78 bits per heavy atom. The minimum atomic E-state index is -0.390. The van der Waals surface area contributed by atoms with Gasteiger partial charge < -0.3 is 9.80 Å². The summed E-state index contributed by atoms with van der Waals surface area (Å²) in [5.41, 5.74) is 0. The van der Waals surface area contributed by atoms with Crippen LogP contribution in [0.15, 0.2) is 17.5 Å². The number of hydrogen-bond acceptors (Lipinski definition) is 5. The van der Waals surface area contributed by atoms with E-state index in [1.807, 2.05) is 41.0 Å². The van der Waals surface area contributed by atoms with Crippen LogP contribution in [-0.2, 0) is 4.79 Å². The van der Waals surface area contributed by atoms with E-state index in [4.69, 9.17) is 12.2 Å². The fraction of sp³-hybridized carbons (Fsp3) is 0.632. The number of H-pyrrole nitrogens is 1. The van der Waals surface area contributed by atoms with Gasteiger partial charge in [0.2, 0.25) is 5.91 Å². The second kappa shape index (κ2) is 9.12. The predicted molar refractivity (Wildman–Crippen MR) is 113 cm³/mol. The van der Waals surface area contributed by atoms with Gasteiger partial charge in [0.1, 0.15) is 6.04 Å². The molecular weight excluding hydrogens is 378 g/mol. The molecule has 2 heterocycles. The molecular formula is C19H29N5OS2. The lowest BCUT2D eigenvalue weighted by Crippen LogP contribution is -2.41. The van der Waals surface area contributed by atoms with Crippen LogP contribution in [0.25, 0.3) is 10.7 Å². The molecule has 1 atom stereocenters. The highest BCUT2D eigenvalue weighted by molar-refractivity contribution is 7.71. The number of nitrogens with zero attached hydrogens (tertiary/aromatic N) is 4. The molecule has 3 rings (SSSR count). The highest BCUT2D eigenvalue weighted by Gasteiger charge is 2.25. The van der Waals surface area contributed by atoms with Crippen molar-refractivity contribution >= 4 is 29.5 Å². The SMILES string of the molecule is CC(C(=O)N(C)CCN(C)C1CCCCC1)n1c(-c2cccs2)n[nH]c1=S. The van der Waals surface area contributed by atoms with E-state index in [0.29, 0.717) is 10.8 Å². The minimum Gasteiger partial charge on any atom is -0.343 e. The van der Waals surface area contributed by atoms with Crippen molar-refractivity contribution in [3.05, 3.63) is 22.3 Å². The van der Waals surface area contributed by atoms with Crippen molar-refractivity contribution in [3.63, 3.8) is 0 Å². The summed E-state index contributed by atoms with van der Waals surface area (Å²) in [7, 11) is 4.06. The lowest BCUT2D eigenvalue weighted by Gasteiger charge is -2.32. The summed E-state index contributed by atoms with van der Waals surface area (Å²) >= 11 is 6.98. The standard InChI is InChI=1S/C19H29N5OS2/c1-14(24-17(20-21-19(24)26)16-10-7-13-27-16)18(25)23(3)12-11-22(2)15-8-5-4-6-9-15/h7,10,13-15H,4-6,8-9,11-12H2,1-3H3,(H,21,26). The Hall–Kier alpha value is -1.51. The van der Waals surface area contributed by atoms with E-state index >= 15 is 0 Å². The third-order valence-corrected chi connectivity index (χ3v) is 6.71. The molecule has 1 saturated carbocycles. The molecule has 1 amide bonds. The number of likely N-dealkylation sites (N-methyl/N-ethyl adjacent to an activating group) is 2. The Labute approximate surface area is 170 Å². The smallest absolute Gasteiger partial charge is 0.245 e. The average molecular weight is 408 g/mol.